The number of rotatable bonds is 7. The quantitative estimate of drug-likeness (QED) is 0.688. The first-order chi connectivity index (χ1) is 12.2. The molecule has 0 aliphatic heterocycles. The number of methoxy groups -OCH3 is 3. The van der Waals surface area contributed by atoms with E-state index in [1.54, 1.807) is 39.9 Å². The lowest BCUT2D eigenvalue weighted by Crippen LogP contribution is -2.24. The van der Waals surface area contributed by atoms with Crippen molar-refractivity contribution < 1.29 is 23.4 Å². The number of benzene rings is 1. The first kappa shape index (κ1) is 16.8. The number of hydrogen-bond donors (Lipinski definition) is 2. The van der Waals surface area contributed by atoms with E-state index in [1.165, 1.54) is 0 Å². The predicted octanol–water partition coefficient (Wildman–Crippen LogP) is 2.65. The molecule has 0 aliphatic carbocycles. The summed E-state index contributed by atoms with van der Waals surface area (Å²) in [5, 5.41) is 3.63. The Morgan fingerprint density at radius 3 is 2.64 bits per heavy atom. The molecule has 0 atom stereocenters. The average Bonchev–Trinajstić information content (AvgIpc) is 3.28. The number of carbonyl (C=O) groups is 1. The van der Waals surface area contributed by atoms with Gasteiger partial charge in [0, 0.05) is 17.6 Å². The normalized spacial score (nSPS) is 10.7. The molecule has 7 nitrogen and oxygen atoms in total. The van der Waals surface area contributed by atoms with Gasteiger partial charge in [0.15, 0.2) is 11.5 Å². The van der Waals surface area contributed by atoms with Crippen LogP contribution in [0.2, 0.25) is 0 Å². The highest BCUT2D eigenvalue weighted by atomic mass is 16.5. The predicted molar refractivity (Wildman–Crippen MR) is 92.2 cm³/mol. The lowest BCUT2D eigenvalue weighted by Gasteiger charge is -2.14. The van der Waals surface area contributed by atoms with E-state index in [-0.39, 0.29) is 12.3 Å². The second-order valence-corrected chi connectivity index (χ2v) is 5.41. The van der Waals surface area contributed by atoms with E-state index in [4.69, 9.17) is 18.6 Å². The first-order valence-electron chi connectivity index (χ1n) is 7.76. The molecule has 0 spiro atoms. The molecule has 0 unspecified atom stereocenters. The van der Waals surface area contributed by atoms with Crippen molar-refractivity contribution in [2.75, 3.05) is 21.3 Å². The Balaban J connectivity index is 1.87. The third kappa shape index (κ3) is 3.26. The van der Waals surface area contributed by atoms with Gasteiger partial charge in [0.05, 0.1) is 46.1 Å². The molecule has 0 fully saturated rings. The maximum absolute atomic E-state index is 12.3. The van der Waals surface area contributed by atoms with Gasteiger partial charge in [0.25, 0.3) is 0 Å². The fourth-order valence-corrected chi connectivity index (χ4v) is 2.80. The minimum Gasteiger partial charge on any atom is -0.493 e. The maximum Gasteiger partial charge on any atom is 0.224 e. The van der Waals surface area contributed by atoms with Crippen LogP contribution >= 0.6 is 0 Å². The number of aromatic nitrogens is 1. The van der Waals surface area contributed by atoms with Crippen molar-refractivity contribution in [3.8, 4) is 17.2 Å². The van der Waals surface area contributed by atoms with Gasteiger partial charge in [-0.2, -0.15) is 0 Å². The zero-order valence-electron chi connectivity index (χ0n) is 14.3. The minimum atomic E-state index is -0.117. The molecule has 1 amide bonds. The molecule has 7 heteroatoms. The smallest absolute Gasteiger partial charge is 0.224 e. The Morgan fingerprint density at radius 2 is 2.00 bits per heavy atom. The number of aromatic amines is 1. The standard InChI is InChI=1S/C18H20N2O5/c1-22-14-8-13-16(18(24-3)17(14)23-2)11(9-19-13)7-15(21)20-10-12-5-4-6-25-12/h4-6,8-9,19H,7,10H2,1-3H3,(H,20,21). The van der Waals surface area contributed by atoms with E-state index in [1.807, 2.05) is 12.1 Å². The monoisotopic (exact) mass is 344 g/mol. The largest absolute Gasteiger partial charge is 0.493 e. The van der Waals surface area contributed by atoms with Crippen LogP contribution in [0.15, 0.2) is 35.1 Å². The molecule has 2 aromatic heterocycles. The van der Waals surface area contributed by atoms with Gasteiger partial charge >= 0.3 is 0 Å². The molecular formula is C18H20N2O5. The van der Waals surface area contributed by atoms with Gasteiger partial charge in [0.2, 0.25) is 11.7 Å². The zero-order chi connectivity index (χ0) is 17.8. The molecule has 0 saturated carbocycles. The van der Waals surface area contributed by atoms with Gasteiger partial charge in [-0.3, -0.25) is 4.79 Å². The molecule has 0 radical (unpaired) electrons. The second kappa shape index (κ2) is 7.21. The molecule has 3 rings (SSSR count). The van der Waals surface area contributed by atoms with Crippen LogP contribution in [-0.4, -0.2) is 32.2 Å². The fraction of sp³-hybridized carbons (Fsp3) is 0.278. The van der Waals surface area contributed by atoms with E-state index in [9.17, 15) is 4.79 Å². The number of amides is 1. The van der Waals surface area contributed by atoms with Crippen LogP contribution in [0.1, 0.15) is 11.3 Å². The molecule has 25 heavy (non-hydrogen) atoms. The zero-order valence-corrected chi connectivity index (χ0v) is 14.3. The van der Waals surface area contributed by atoms with Crippen LogP contribution in [0.25, 0.3) is 10.9 Å². The summed E-state index contributed by atoms with van der Waals surface area (Å²) in [6.45, 7) is 0.350. The second-order valence-electron chi connectivity index (χ2n) is 5.41. The third-order valence-corrected chi connectivity index (χ3v) is 3.94. The van der Waals surface area contributed by atoms with E-state index in [2.05, 4.69) is 10.3 Å². The molecule has 0 saturated heterocycles. The minimum absolute atomic E-state index is 0.117. The van der Waals surface area contributed by atoms with Crippen LogP contribution in [0.3, 0.4) is 0 Å². The number of nitrogens with one attached hydrogen (secondary N) is 2. The van der Waals surface area contributed by atoms with Crippen LogP contribution in [0.5, 0.6) is 17.2 Å². The summed E-state index contributed by atoms with van der Waals surface area (Å²) in [4.78, 5) is 15.4. The third-order valence-electron chi connectivity index (χ3n) is 3.94. The highest BCUT2D eigenvalue weighted by Gasteiger charge is 2.20. The van der Waals surface area contributed by atoms with Gasteiger partial charge in [-0.25, -0.2) is 0 Å². The molecule has 0 bridgehead atoms. The number of carbonyl (C=O) groups excluding carboxylic acids is 1. The SMILES string of the molecule is COc1cc2[nH]cc(CC(=O)NCc3ccco3)c2c(OC)c1OC. The number of furan rings is 1. The lowest BCUT2D eigenvalue weighted by atomic mass is 10.1. The Kier molecular flexibility index (Phi) is 4.83. The summed E-state index contributed by atoms with van der Waals surface area (Å²) in [6.07, 6.45) is 3.57. The maximum atomic E-state index is 12.3. The van der Waals surface area contributed by atoms with E-state index < -0.39 is 0 Å². The highest BCUT2D eigenvalue weighted by molar-refractivity contribution is 5.96. The van der Waals surface area contributed by atoms with Crippen LogP contribution in [0.4, 0.5) is 0 Å². The average molecular weight is 344 g/mol. The topological polar surface area (TPSA) is 85.7 Å². The Hall–Kier alpha value is -3.09. The summed E-state index contributed by atoms with van der Waals surface area (Å²) >= 11 is 0. The van der Waals surface area contributed by atoms with E-state index >= 15 is 0 Å². The van der Waals surface area contributed by atoms with Crippen molar-refractivity contribution in [3.05, 3.63) is 42.0 Å². The van der Waals surface area contributed by atoms with Gasteiger partial charge in [-0.05, 0) is 17.7 Å². The number of ether oxygens (including phenoxy) is 3. The fourth-order valence-electron chi connectivity index (χ4n) is 2.80. The van der Waals surface area contributed by atoms with Gasteiger partial charge in [-0.1, -0.05) is 0 Å². The molecule has 1 aromatic carbocycles. The van der Waals surface area contributed by atoms with Crippen molar-refractivity contribution in [3.63, 3.8) is 0 Å². The van der Waals surface area contributed by atoms with Crippen molar-refractivity contribution in [2.45, 2.75) is 13.0 Å². The molecule has 3 aromatic rings. The van der Waals surface area contributed by atoms with Crippen molar-refractivity contribution >= 4 is 16.8 Å². The van der Waals surface area contributed by atoms with Gasteiger partial charge in [-0.15, -0.1) is 0 Å². The molecule has 0 aliphatic rings. The summed E-state index contributed by atoms with van der Waals surface area (Å²) in [6, 6.07) is 5.42. The molecular weight excluding hydrogens is 324 g/mol. The Morgan fingerprint density at radius 1 is 1.20 bits per heavy atom. The lowest BCUT2D eigenvalue weighted by molar-refractivity contribution is -0.120. The summed E-state index contributed by atoms with van der Waals surface area (Å²) in [7, 11) is 4.67. The molecule has 132 valence electrons. The Bertz CT molecular complexity index is 867. The van der Waals surface area contributed by atoms with Crippen molar-refractivity contribution in [1.82, 2.24) is 10.3 Å². The van der Waals surface area contributed by atoms with E-state index in [0.29, 0.717) is 29.6 Å². The van der Waals surface area contributed by atoms with Crippen molar-refractivity contribution in [2.24, 2.45) is 0 Å². The number of fused-ring (bicyclic) bond motifs is 1. The summed E-state index contributed by atoms with van der Waals surface area (Å²) in [5.74, 6) is 2.18. The first-order valence-corrected chi connectivity index (χ1v) is 7.76. The van der Waals surface area contributed by atoms with Gasteiger partial charge < -0.3 is 28.9 Å². The molecule has 2 N–H and O–H groups in total. The Labute approximate surface area is 144 Å². The summed E-state index contributed by atoms with van der Waals surface area (Å²) in [5.41, 5.74) is 1.62. The van der Waals surface area contributed by atoms with Crippen LogP contribution < -0.4 is 19.5 Å². The molecule has 2 heterocycles. The number of H-pyrrole nitrogens is 1. The van der Waals surface area contributed by atoms with Crippen LogP contribution in [0, 0.1) is 0 Å². The number of hydrogen-bond acceptors (Lipinski definition) is 5. The van der Waals surface area contributed by atoms with Crippen molar-refractivity contribution in [1.29, 1.82) is 0 Å². The van der Waals surface area contributed by atoms with E-state index in [0.717, 1.165) is 16.5 Å². The van der Waals surface area contributed by atoms with Gasteiger partial charge in [0.1, 0.15) is 5.76 Å². The van der Waals surface area contributed by atoms with Crippen LogP contribution in [-0.2, 0) is 17.8 Å². The summed E-state index contributed by atoms with van der Waals surface area (Å²) < 4.78 is 21.5. The highest BCUT2D eigenvalue weighted by Crippen LogP contribution is 2.44.